The van der Waals surface area contributed by atoms with E-state index < -0.39 is 6.29 Å². The summed E-state index contributed by atoms with van der Waals surface area (Å²) in [7, 11) is 0. The lowest BCUT2D eigenvalue weighted by Gasteiger charge is -2.33. The van der Waals surface area contributed by atoms with Gasteiger partial charge in [-0.05, 0) is 31.6 Å². The van der Waals surface area contributed by atoms with Crippen LogP contribution in [0, 0.1) is 11.8 Å². The van der Waals surface area contributed by atoms with Crippen LogP contribution < -0.4 is 5.73 Å². The fourth-order valence-electron chi connectivity index (χ4n) is 1.93. The second kappa shape index (κ2) is 4.40. The Bertz CT molecular complexity index is 147. The van der Waals surface area contributed by atoms with Gasteiger partial charge in [0.2, 0.25) is 0 Å². The first-order chi connectivity index (χ1) is 6.00. The number of hydrogen-bond donors (Lipinski definition) is 2. The minimum absolute atomic E-state index is 0.110. The number of hydrogen-bond acceptors (Lipinski definition) is 3. The van der Waals surface area contributed by atoms with Crippen molar-refractivity contribution in [3.63, 3.8) is 0 Å². The van der Waals surface area contributed by atoms with Gasteiger partial charge in [-0.3, -0.25) is 0 Å². The van der Waals surface area contributed by atoms with Gasteiger partial charge in [-0.25, -0.2) is 0 Å². The smallest absolute Gasteiger partial charge is 0.170 e. The number of aliphatic hydroxyl groups is 1. The van der Waals surface area contributed by atoms with Crippen LogP contribution in [0.2, 0.25) is 0 Å². The summed E-state index contributed by atoms with van der Waals surface area (Å²) in [6, 6.07) is -0.236. The molecule has 0 spiro atoms. The Hall–Kier alpha value is -0.120. The molecule has 1 aliphatic rings. The molecule has 1 heterocycles. The summed E-state index contributed by atoms with van der Waals surface area (Å²) in [6.07, 6.45) is 1.17. The molecule has 78 valence electrons. The Morgan fingerprint density at radius 3 is 2.31 bits per heavy atom. The van der Waals surface area contributed by atoms with Crippen molar-refractivity contribution in [2.75, 3.05) is 0 Å². The molecule has 5 unspecified atom stereocenters. The van der Waals surface area contributed by atoms with Crippen molar-refractivity contribution >= 4 is 0 Å². The molecule has 1 saturated heterocycles. The van der Waals surface area contributed by atoms with Gasteiger partial charge >= 0.3 is 0 Å². The first-order valence-electron chi connectivity index (χ1n) is 5.09. The molecule has 0 aliphatic carbocycles. The topological polar surface area (TPSA) is 55.5 Å². The van der Waals surface area contributed by atoms with Gasteiger partial charge in [0.05, 0.1) is 12.1 Å². The third-order valence-electron chi connectivity index (χ3n) is 3.06. The second-order valence-electron chi connectivity index (χ2n) is 4.43. The Morgan fingerprint density at radius 2 is 1.69 bits per heavy atom. The van der Waals surface area contributed by atoms with Crippen molar-refractivity contribution in [2.24, 2.45) is 17.6 Å². The number of aliphatic hydroxyl groups excluding tert-OH is 1. The van der Waals surface area contributed by atoms with Crippen molar-refractivity contribution < 1.29 is 9.84 Å². The maximum atomic E-state index is 9.51. The van der Waals surface area contributed by atoms with Crippen molar-refractivity contribution in [1.29, 1.82) is 0 Å². The molecule has 13 heavy (non-hydrogen) atoms. The van der Waals surface area contributed by atoms with Crippen LogP contribution in [0.4, 0.5) is 0 Å². The van der Waals surface area contributed by atoms with Crippen LogP contribution >= 0.6 is 0 Å². The van der Waals surface area contributed by atoms with Crippen molar-refractivity contribution in [3.8, 4) is 0 Å². The molecule has 1 fully saturated rings. The number of rotatable bonds is 0. The molecule has 0 saturated carbocycles. The summed E-state index contributed by atoms with van der Waals surface area (Å²) in [4.78, 5) is 0. The van der Waals surface area contributed by atoms with Gasteiger partial charge in [0, 0.05) is 0 Å². The summed E-state index contributed by atoms with van der Waals surface area (Å²) in [5.74, 6) is 1.18. The second-order valence-corrected chi connectivity index (χ2v) is 4.43. The van der Waals surface area contributed by atoms with Gasteiger partial charge in [0.25, 0.3) is 0 Å². The highest BCUT2D eigenvalue weighted by Crippen LogP contribution is 2.26. The Labute approximate surface area is 80.3 Å². The average Bonchev–Trinajstić information content (AvgIpc) is 2.02. The molecule has 0 aromatic rings. The van der Waals surface area contributed by atoms with E-state index in [1.54, 1.807) is 0 Å². The molecule has 0 aromatic heterocycles. The SMILES string of the molecule is CC1CC(C)C(C)CC(N)C(O)O1. The zero-order chi connectivity index (χ0) is 10.0. The molecule has 0 bridgehead atoms. The van der Waals surface area contributed by atoms with Crippen molar-refractivity contribution in [2.45, 2.75) is 52.0 Å². The van der Waals surface area contributed by atoms with E-state index in [2.05, 4.69) is 13.8 Å². The Morgan fingerprint density at radius 1 is 1.15 bits per heavy atom. The van der Waals surface area contributed by atoms with E-state index in [0.29, 0.717) is 11.8 Å². The van der Waals surface area contributed by atoms with Gasteiger partial charge in [-0.1, -0.05) is 13.8 Å². The largest absolute Gasteiger partial charge is 0.367 e. The molecular formula is C10H21NO2. The molecule has 3 N–H and O–H groups in total. The van der Waals surface area contributed by atoms with Gasteiger partial charge in [-0.2, -0.15) is 0 Å². The van der Waals surface area contributed by atoms with E-state index in [-0.39, 0.29) is 12.1 Å². The van der Waals surface area contributed by atoms with Gasteiger partial charge < -0.3 is 15.6 Å². The fourth-order valence-corrected chi connectivity index (χ4v) is 1.93. The van der Waals surface area contributed by atoms with Crippen LogP contribution in [-0.4, -0.2) is 23.5 Å². The Kier molecular flexibility index (Phi) is 3.71. The zero-order valence-electron chi connectivity index (χ0n) is 8.73. The van der Waals surface area contributed by atoms with E-state index in [4.69, 9.17) is 10.5 Å². The van der Waals surface area contributed by atoms with Crippen molar-refractivity contribution in [3.05, 3.63) is 0 Å². The summed E-state index contributed by atoms with van der Waals surface area (Å²) in [5.41, 5.74) is 5.79. The molecule has 0 aromatic carbocycles. The maximum Gasteiger partial charge on any atom is 0.170 e. The van der Waals surface area contributed by atoms with Crippen LogP contribution in [0.15, 0.2) is 0 Å². The first kappa shape index (κ1) is 11.0. The zero-order valence-corrected chi connectivity index (χ0v) is 8.73. The highest BCUT2D eigenvalue weighted by atomic mass is 16.6. The normalized spacial score (nSPS) is 48.2. The molecule has 3 heteroatoms. The quantitative estimate of drug-likeness (QED) is 0.597. The monoisotopic (exact) mass is 187 g/mol. The van der Waals surface area contributed by atoms with Crippen LogP contribution in [-0.2, 0) is 4.74 Å². The van der Waals surface area contributed by atoms with Gasteiger partial charge in [0.1, 0.15) is 0 Å². The number of nitrogens with two attached hydrogens (primary N) is 1. The van der Waals surface area contributed by atoms with E-state index in [9.17, 15) is 5.11 Å². The third kappa shape index (κ3) is 2.93. The fraction of sp³-hybridized carbons (Fsp3) is 1.00. The minimum atomic E-state index is -0.787. The van der Waals surface area contributed by atoms with E-state index in [1.165, 1.54) is 0 Å². The van der Waals surface area contributed by atoms with Gasteiger partial charge in [-0.15, -0.1) is 0 Å². The number of ether oxygens (including phenoxy) is 1. The molecule has 1 rings (SSSR count). The third-order valence-corrected chi connectivity index (χ3v) is 3.06. The van der Waals surface area contributed by atoms with Crippen LogP contribution in [0.1, 0.15) is 33.6 Å². The molecule has 0 amide bonds. The minimum Gasteiger partial charge on any atom is -0.367 e. The molecule has 3 nitrogen and oxygen atoms in total. The van der Waals surface area contributed by atoms with E-state index >= 15 is 0 Å². The summed E-state index contributed by atoms with van der Waals surface area (Å²) in [6.45, 7) is 6.40. The predicted octanol–water partition coefficient (Wildman–Crippen LogP) is 1.10. The van der Waals surface area contributed by atoms with Crippen LogP contribution in [0.25, 0.3) is 0 Å². The van der Waals surface area contributed by atoms with Crippen LogP contribution in [0.3, 0.4) is 0 Å². The lowest BCUT2D eigenvalue weighted by Crippen LogP contribution is -2.43. The molecular weight excluding hydrogens is 166 g/mol. The van der Waals surface area contributed by atoms with Crippen LogP contribution in [0.5, 0.6) is 0 Å². The van der Waals surface area contributed by atoms with Crippen molar-refractivity contribution in [1.82, 2.24) is 0 Å². The maximum absolute atomic E-state index is 9.51. The average molecular weight is 187 g/mol. The predicted molar refractivity (Wildman–Crippen MR) is 52.1 cm³/mol. The summed E-state index contributed by atoms with van der Waals surface area (Å²) >= 11 is 0. The lowest BCUT2D eigenvalue weighted by atomic mass is 9.85. The summed E-state index contributed by atoms with van der Waals surface area (Å²) in [5, 5.41) is 9.51. The van der Waals surface area contributed by atoms with E-state index in [0.717, 1.165) is 12.8 Å². The van der Waals surface area contributed by atoms with E-state index in [1.807, 2.05) is 6.92 Å². The standard InChI is InChI=1S/C10H21NO2/c1-6-4-8(3)13-10(12)9(11)5-7(6)2/h6-10,12H,4-5,11H2,1-3H3. The Balaban J connectivity index is 2.59. The van der Waals surface area contributed by atoms with Gasteiger partial charge in [0.15, 0.2) is 6.29 Å². The molecule has 1 aliphatic heterocycles. The molecule has 0 radical (unpaired) electrons. The highest BCUT2D eigenvalue weighted by molar-refractivity contribution is 4.76. The highest BCUT2D eigenvalue weighted by Gasteiger charge is 2.27. The first-order valence-corrected chi connectivity index (χ1v) is 5.09. The lowest BCUT2D eigenvalue weighted by molar-refractivity contribution is -0.158. The molecule has 5 atom stereocenters. The summed E-state index contributed by atoms with van der Waals surface area (Å²) < 4.78 is 5.35.